The van der Waals surface area contributed by atoms with Gasteiger partial charge < -0.3 is 14.8 Å². The van der Waals surface area contributed by atoms with E-state index in [2.05, 4.69) is 10.3 Å². The molecule has 0 radical (unpaired) electrons. The third-order valence-corrected chi connectivity index (χ3v) is 2.42. The highest BCUT2D eigenvalue weighted by atomic mass is 16.4. The number of aryl methyl sites for hydroxylation is 1. The van der Waals surface area contributed by atoms with Crippen molar-refractivity contribution in [2.45, 2.75) is 26.6 Å². The third kappa shape index (κ3) is 3.41. The molecule has 2 N–H and O–H groups in total. The Bertz CT molecular complexity index is 480. The Morgan fingerprint density at radius 2 is 2.00 bits per heavy atom. The fraction of sp³-hybridized carbons (Fsp3) is 0.308. The molecule has 0 aliphatic rings. The molecule has 2 aromatic heterocycles. The average molecular weight is 232 g/mol. The van der Waals surface area contributed by atoms with Crippen LogP contribution in [0.15, 0.2) is 34.7 Å². The van der Waals surface area contributed by atoms with Crippen LogP contribution in [0, 0.1) is 6.92 Å². The first-order valence-corrected chi connectivity index (χ1v) is 5.59. The lowest BCUT2D eigenvalue weighted by atomic mass is 10.3. The number of aliphatic hydroxyl groups is 1. The lowest BCUT2D eigenvalue weighted by Gasteiger charge is -2.03. The Kier molecular flexibility index (Phi) is 3.90. The summed E-state index contributed by atoms with van der Waals surface area (Å²) in [5, 5.41) is 12.1. The van der Waals surface area contributed by atoms with Gasteiger partial charge in [-0.3, -0.25) is 4.98 Å². The van der Waals surface area contributed by atoms with Gasteiger partial charge in [0, 0.05) is 12.2 Å². The molecule has 0 amide bonds. The largest absolute Gasteiger partial charge is 0.462 e. The molecule has 2 aromatic rings. The van der Waals surface area contributed by atoms with E-state index in [0.717, 1.165) is 17.1 Å². The molecule has 17 heavy (non-hydrogen) atoms. The summed E-state index contributed by atoms with van der Waals surface area (Å²) in [6, 6.07) is 9.60. The number of furan rings is 1. The van der Waals surface area contributed by atoms with E-state index in [4.69, 9.17) is 9.52 Å². The first kappa shape index (κ1) is 11.8. The number of pyridine rings is 1. The number of rotatable bonds is 5. The molecule has 0 saturated carbocycles. The van der Waals surface area contributed by atoms with E-state index >= 15 is 0 Å². The topological polar surface area (TPSA) is 58.3 Å². The second-order valence-corrected chi connectivity index (χ2v) is 3.90. The minimum Gasteiger partial charge on any atom is -0.462 e. The number of hydrogen-bond donors (Lipinski definition) is 2. The van der Waals surface area contributed by atoms with Gasteiger partial charge in [0.05, 0.1) is 12.2 Å². The molecule has 0 bridgehead atoms. The van der Waals surface area contributed by atoms with Crippen LogP contribution in [0.3, 0.4) is 0 Å². The van der Waals surface area contributed by atoms with Gasteiger partial charge in [-0.25, -0.2) is 0 Å². The molecule has 0 aromatic carbocycles. The summed E-state index contributed by atoms with van der Waals surface area (Å²) in [4.78, 5) is 4.39. The van der Waals surface area contributed by atoms with Crippen LogP contribution in [-0.2, 0) is 19.7 Å². The maximum atomic E-state index is 8.86. The van der Waals surface area contributed by atoms with Crippen LogP contribution in [0.1, 0.15) is 22.9 Å². The standard InChI is InChI=1S/C13H16N2O2/c1-10-3-2-4-11(15-10)7-14-8-12-5-6-13(9-16)17-12/h2-6,14,16H,7-9H2,1H3. The third-order valence-electron chi connectivity index (χ3n) is 2.42. The van der Waals surface area contributed by atoms with E-state index in [9.17, 15) is 0 Å². The SMILES string of the molecule is Cc1cccc(CNCc2ccc(CO)o2)n1. The normalized spacial score (nSPS) is 10.7. The molecule has 0 atom stereocenters. The first-order valence-electron chi connectivity index (χ1n) is 5.59. The number of nitrogens with zero attached hydrogens (tertiary/aromatic N) is 1. The highest BCUT2D eigenvalue weighted by Crippen LogP contribution is 2.07. The van der Waals surface area contributed by atoms with E-state index in [0.29, 0.717) is 18.8 Å². The van der Waals surface area contributed by atoms with Crippen molar-refractivity contribution in [2.75, 3.05) is 0 Å². The molecule has 0 aliphatic heterocycles. The quantitative estimate of drug-likeness (QED) is 0.824. The number of aromatic nitrogens is 1. The lowest BCUT2D eigenvalue weighted by Crippen LogP contribution is -2.13. The molecule has 0 saturated heterocycles. The molecule has 0 unspecified atom stereocenters. The van der Waals surface area contributed by atoms with E-state index in [-0.39, 0.29) is 6.61 Å². The molecule has 4 nitrogen and oxygen atoms in total. The fourth-order valence-electron chi connectivity index (χ4n) is 1.61. The molecule has 2 heterocycles. The number of hydrogen-bond acceptors (Lipinski definition) is 4. The second kappa shape index (κ2) is 5.61. The van der Waals surface area contributed by atoms with E-state index in [1.807, 2.05) is 31.2 Å². The van der Waals surface area contributed by atoms with E-state index < -0.39 is 0 Å². The molecule has 4 heteroatoms. The summed E-state index contributed by atoms with van der Waals surface area (Å²) < 4.78 is 5.36. The molecule has 2 rings (SSSR count). The Hall–Kier alpha value is -1.65. The zero-order valence-electron chi connectivity index (χ0n) is 9.81. The summed E-state index contributed by atoms with van der Waals surface area (Å²) in [6.07, 6.45) is 0. The summed E-state index contributed by atoms with van der Waals surface area (Å²) >= 11 is 0. The minimum atomic E-state index is -0.0561. The monoisotopic (exact) mass is 232 g/mol. The fourth-order valence-corrected chi connectivity index (χ4v) is 1.61. The van der Waals surface area contributed by atoms with Crippen molar-refractivity contribution in [3.05, 3.63) is 53.2 Å². The van der Waals surface area contributed by atoms with Crippen molar-refractivity contribution in [1.29, 1.82) is 0 Å². The Labute approximate surface area is 100 Å². The molecule has 0 aliphatic carbocycles. The molecule has 90 valence electrons. The Balaban J connectivity index is 1.83. The Morgan fingerprint density at radius 1 is 1.18 bits per heavy atom. The van der Waals surface area contributed by atoms with Gasteiger partial charge in [-0.1, -0.05) is 6.07 Å². The van der Waals surface area contributed by atoms with Crippen molar-refractivity contribution >= 4 is 0 Å². The highest BCUT2D eigenvalue weighted by Gasteiger charge is 2.01. The van der Waals surface area contributed by atoms with Gasteiger partial charge in [0.25, 0.3) is 0 Å². The van der Waals surface area contributed by atoms with Gasteiger partial charge >= 0.3 is 0 Å². The molecular formula is C13H16N2O2. The number of aliphatic hydroxyl groups excluding tert-OH is 1. The zero-order valence-corrected chi connectivity index (χ0v) is 9.81. The summed E-state index contributed by atoms with van der Waals surface area (Å²) in [6.45, 7) is 3.26. The average Bonchev–Trinajstić information content (AvgIpc) is 2.77. The van der Waals surface area contributed by atoms with Gasteiger partial charge in [-0.2, -0.15) is 0 Å². The van der Waals surface area contributed by atoms with Gasteiger partial charge in [0.2, 0.25) is 0 Å². The van der Waals surface area contributed by atoms with Crippen LogP contribution in [0.4, 0.5) is 0 Å². The summed E-state index contributed by atoms with van der Waals surface area (Å²) in [5.74, 6) is 1.41. The van der Waals surface area contributed by atoms with Crippen LogP contribution in [0.2, 0.25) is 0 Å². The highest BCUT2D eigenvalue weighted by molar-refractivity contribution is 5.10. The van der Waals surface area contributed by atoms with Crippen molar-refractivity contribution in [3.8, 4) is 0 Å². The predicted octanol–water partition coefficient (Wildman–Crippen LogP) is 1.77. The first-order chi connectivity index (χ1) is 8.28. The predicted molar refractivity (Wildman–Crippen MR) is 64.1 cm³/mol. The van der Waals surface area contributed by atoms with Crippen LogP contribution in [0.25, 0.3) is 0 Å². The zero-order chi connectivity index (χ0) is 12.1. The molecule has 0 spiro atoms. The smallest absolute Gasteiger partial charge is 0.129 e. The van der Waals surface area contributed by atoms with Gasteiger partial charge in [0.15, 0.2) is 0 Å². The Morgan fingerprint density at radius 3 is 2.71 bits per heavy atom. The van der Waals surface area contributed by atoms with Gasteiger partial charge in [0.1, 0.15) is 18.1 Å². The van der Waals surface area contributed by atoms with Gasteiger partial charge in [-0.15, -0.1) is 0 Å². The van der Waals surface area contributed by atoms with Crippen LogP contribution in [-0.4, -0.2) is 10.1 Å². The van der Waals surface area contributed by atoms with E-state index in [1.165, 1.54) is 0 Å². The minimum absolute atomic E-state index is 0.0561. The molecule has 0 fully saturated rings. The van der Waals surface area contributed by atoms with E-state index in [1.54, 1.807) is 6.07 Å². The van der Waals surface area contributed by atoms with Crippen LogP contribution < -0.4 is 5.32 Å². The van der Waals surface area contributed by atoms with Crippen LogP contribution in [0.5, 0.6) is 0 Å². The summed E-state index contributed by atoms with van der Waals surface area (Å²) in [7, 11) is 0. The summed E-state index contributed by atoms with van der Waals surface area (Å²) in [5.41, 5.74) is 2.03. The van der Waals surface area contributed by atoms with Crippen molar-refractivity contribution in [2.24, 2.45) is 0 Å². The maximum Gasteiger partial charge on any atom is 0.129 e. The lowest BCUT2D eigenvalue weighted by molar-refractivity contribution is 0.242. The van der Waals surface area contributed by atoms with Crippen molar-refractivity contribution in [3.63, 3.8) is 0 Å². The van der Waals surface area contributed by atoms with Crippen molar-refractivity contribution in [1.82, 2.24) is 10.3 Å². The second-order valence-electron chi connectivity index (χ2n) is 3.90. The molecular weight excluding hydrogens is 216 g/mol. The maximum absolute atomic E-state index is 8.86. The van der Waals surface area contributed by atoms with Crippen molar-refractivity contribution < 1.29 is 9.52 Å². The number of nitrogens with one attached hydrogen (secondary N) is 1. The van der Waals surface area contributed by atoms with Gasteiger partial charge in [-0.05, 0) is 31.2 Å². The van der Waals surface area contributed by atoms with Crippen LogP contribution >= 0.6 is 0 Å².